The third kappa shape index (κ3) is 3.05. The Balaban J connectivity index is 2.08. The first-order valence-electron chi connectivity index (χ1n) is 6.50. The Labute approximate surface area is 117 Å². The van der Waals surface area contributed by atoms with Crippen molar-refractivity contribution in [2.75, 3.05) is 32.7 Å². The van der Waals surface area contributed by atoms with Crippen molar-refractivity contribution >= 4 is 15.9 Å². The van der Waals surface area contributed by atoms with Crippen molar-refractivity contribution in [1.29, 1.82) is 0 Å². The van der Waals surface area contributed by atoms with Crippen LogP contribution in [-0.2, 0) is 6.42 Å². The lowest BCUT2D eigenvalue weighted by Gasteiger charge is -2.27. The Morgan fingerprint density at radius 3 is 2.67 bits per heavy atom. The van der Waals surface area contributed by atoms with Crippen molar-refractivity contribution in [2.45, 2.75) is 20.3 Å². The van der Waals surface area contributed by atoms with Gasteiger partial charge < -0.3 is 15.3 Å². The smallest absolute Gasteiger partial charge is 0.133 e. The molecule has 1 aromatic carbocycles. The van der Waals surface area contributed by atoms with Crippen molar-refractivity contribution in [1.82, 2.24) is 10.2 Å². The zero-order valence-electron chi connectivity index (χ0n) is 11.1. The summed E-state index contributed by atoms with van der Waals surface area (Å²) >= 11 is 3.42. The summed E-state index contributed by atoms with van der Waals surface area (Å²) in [6.45, 7) is 9.55. The van der Waals surface area contributed by atoms with Gasteiger partial charge in [0.05, 0.1) is 4.47 Å². The highest BCUT2D eigenvalue weighted by atomic mass is 79.9. The van der Waals surface area contributed by atoms with Gasteiger partial charge in [0, 0.05) is 32.7 Å². The molecule has 1 fully saturated rings. The Hall–Kier alpha value is -0.580. The topological polar surface area (TPSA) is 35.5 Å². The third-order valence-electron chi connectivity index (χ3n) is 3.79. The molecule has 0 spiro atoms. The summed E-state index contributed by atoms with van der Waals surface area (Å²) in [7, 11) is 0. The molecule has 0 atom stereocenters. The molecule has 0 amide bonds. The first-order valence-corrected chi connectivity index (χ1v) is 7.29. The predicted octanol–water partition coefficient (Wildman–Crippen LogP) is 2.22. The molecule has 0 aromatic heterocycles. The second-order valence-electron chi connectivity index (χ2n) is 4.97. The maximum absolute atomic E-state index is 10.2. The second kappa shape index (κ2) is 6.04. The van der Waals surface area contributed by atoms with E-state index in [2.05, 4.69) is 40.0 Å². The van der Waals surface area contributed by atoms with Crippen LogP contribution in [0.5, 0.6) is 5.75 Å². The van der Waals surface area contributed by atoms with Crippen molar-refractivity contribution in [2.24, 2.45) is 0 Å². The SMILES string of the molecule is Cc1cc(Br)c(O)c(CCN2CCNCC2)c1C. The molecule has 2 N–H and O–H groups in total. The average molecular weight is 313 g/mol. The Kier molecular flexibility index (Phi) is 4.65. The van der Waals surface area contributed by atoms with Crippen LogP contribution in [0.2, 0.25) is 0 Å². The number of nitrogens with one attached hydrogen (secondary N) is 1. The molecule has 1 aromatic rings. The summed E-state index contributed by atoms with van der Waals surface area (Å²) in [5.74, 6) is 0.410. The van der Waals surface area contributed by atoms with E-state index < -0.39 is 0 Å². The molecule has 0 saturated carbocycles. The van der Waals surface area contributed by atoms with Crippen LogP contribution in [-0.4, -0.2) is 42.7 Å². The van der Waals surface area contributed by atoms with E-state index in [0.717, 1.165) is 49.2 Å². The number of rotatable bonds is 3. The Morgan fingerprint density at radius 1 is 1.33 bits per heavy atom. The predicted molar refractivity (Wildman–Crippen MR) is 78.3 cm³/mol. The quantitative estimate of drug-likeness (QED) is 0.898. The number of phenols is 1. The van der Waals surface area contributed by atoms with Crippen molar-refractivity contribution in [3.8, 4) is 5.75 Å². The zero-order valence-corrected chi connectivity index (χ0v) is 12.7. The average Bonchev–Trinajstić information content (AvgIpc) is 2.38. The van der Waals surface area contributed by atoms with Crippen LogP contribution >= 0.6 is 15.9 Å². The fourth-order valence-electron chi connectivity index (χ4n) is 2.44. The summed E-state index contributed by atoms with van der Waals surface area (Å²) in [6.07, 6.45) is 0.915. The first-order chi connectivity index (χ1) is 8.59. The molecular weight excluding hydrogens is 292 g/mol. The number of hydrogen-bond acceptors (Lipinski definition) is 3. The Morgan fingerprint density at radius 2 is 2.00 bits per heavy atom. The van der Waals surface area contributed by atoms with Gasteiger partial charge in [-0.25, -0.2) is 0 Å². The number of aryl methyl sites for hydroxylation is 1. The van der Waals surface area contributed by atoms with Crippen molar-refractivity contribution in [3.63, 3.8) is 0 Å². The lowest BCUT2D eigenvalue weighted by molar-refractivity contribution is 0.243. The standard InChI is InChI=1S/C14H21BrN2O/c1-10-9-13(15)14(18)12(11(10)2)3-6-17-7-4-16-5-8-17/h9,16,18H,3-8H2,1-2H3. The van der Waals surface area contributed by atoms with E-state index >= 15 is 0 Å². The molecule has 100 valence electrons. The minimum atomic E-state index is 0.410. The van der Waals surface area contributed by atoms with Gasteiger partial charge >= 0.3 is 0 Å². The van der Waals surface area contributed by atoms with E-state index in [1.54, 1.807) is 0 Å². The summed E-state index contributed by atoms with van der Waals surface area (Å²) in [4.78, 5) is 2.45. The van der Waals surface area contributed by atoms with Crippen LogP contribution in [0.1, 0.15) is 16.7 Å². The summed E-state index contributed by atoms with van der Waals surface area (Å²) in [5, 5.41) is 13.5. The van der Waals surface area contributed by atoms with Crippen LogP contribution in [0.25, 0.3) is 0 Å². The molecule has 18 heavy (non-hydrogen) atoms. The number of hydrogen-bond donors (Lipinski definition) is 2. The number of halogens is 1. The molecule has 4 heteroatoms. The summed E-state index contributed by atoms with van der Waals surface area (Å²) in [5.41, 5.74) is 3.53. The van der Waals surface area contributed by atoms with Gasteiger partial charge in [-0.2, -0.15) is 0 Å². The molecule has 1 aliphatic rings. The minimum Gasteiger partial charge on any atom is -0.506 e. The fraction of sp³-hybridized carbons (Fsp3) is 0.571. The van der Waals surface area contributed by atoms with Crippen LogP contribution in [0.3, 0.4) is 0 Å². The lowest BCUT2D eigenvalue weighted by atomic mass is 9.99. The molecule has 0 unspecified atom stereocenters. The van der Waals surface area contributed by atoms with Gasteiger partial charge in [0.1, 0.15) is 5.75 Å². The van der Waals surface area contributed by atoms with Crippen molar-refractivity contribution < 1.29 is 5.11 Å². The van der Waals surface area contributed by atoms with E-state index in [9.17, 15) is 5.11 Å². The van der Waals surface area contributed by atoms with E-state index in [0.29, 0.717) is 5.75 Å². The van der Waals surface area contributed by atoms with Gasteiger partial charge in [0.2, 0.25) is 0 Å². The highest BCUT2D eigenvalue weighted by Gasteiger charge is 2.14. The van der Waals surface area contributed by atoms with Crippen LogP contribution in [0.4, 0.5) is 0 Å². The molecular formula is C14H21BrN2O. The monoisotopic (exact) mass is 312 g/mol. The second-order valence-corrected chi connectivity index (χ2v) is 5.82. The number of aromatic hydroxyl groups is 1. The Bertz CT molecular complexity index is 402. The van der Waals surface area contributed by atoms with Gasteiger partial charge in [0.25, 0.3) is 0 Å². The van der Waals surface area contributed by atoms with Crippen LogP contribution < -0.4 is 5.32 Å². The number of phenolic OH excluding ortho intramolecular Hbond substituents is 1. The van der Waals surface area contributed by atoms with E-state index in [-0.39, 0.29) is 0 Å². The van der Waals surface area contributed by atoms with Crippen LogP contribution in [0.15, 0.2) is 10.5 Å². The molecule has 3 nitrogen and oxygen atoms in total. The number of piperazine rings is 1. The van der Waals surface area contributed by atoms with E-state index in [1.165, 1.54) is 11.1 Å². The maximum atomic E-state index is 10.2. The van der Waals surface area contributed by atoms with Gasteiger partial charge in [-0.3, -0.25) is 0 Å². The van der Waals surface area contributed by atoms with E-state index in [4.69, 9.17) is 0 Å². The summed E-state index contributed by atoms with van der Waals surface area (Å²) < 4.78 is 0.806. The lowest BCUT2D eigenvalue weighted by Crippen LogP contribution is -2.44. The molecule has 1 saturated heterocycles. The van der Waals surface area contributed by atoms with Crippen molar-refractivity contribution in [3.05, 3.63) is 27.2 Å². The maximum Gasteiger partial charge on any atom is 0.133 e. The molecule has 2 rings (SSSR count). The molecule has 1 aliphatic heterocycles. The largest absolute Gasteiger partial charge is 0.506 e. The minimum absolute atomic E-state index is 0.410. The number of benzene rings is 1. The van der Waals surface area contributed by atoms with Gasteiger partial charge in [0.15, 0.2) is 0 Å². The highest BCUT2D eigenvalue weighted by Crippen LogP contribution is 2.32. The molecule has 1 heterocycles. The normalized spacial score (nSPS) is 17.1. The van der Waals surface area contributed by atoms with Gasteiger partial charge in [-0.15, -0.1) is 0 Å². The van der Waals surface area contributed by atoms with Crippen LogP contribution in [0, 0.1) is 13.8 Å². The van der Waals surface area contributed by atoms with E-state index in [1.807, 2.05) is 6.07 Å². The first kappa shape index (κ1) is 13.8. The fourth-order valence-corrected chi connectivity index (χ4v) is 3.02. The summed E-state index contributed by atoms with van der Waals surface area (Å²) in [6, 6.07) is 1.99. The molecule has 0 aliphatic carbocycles. The highest BCUT2D eigenvalue weighted by molar-refractivity contribution is 9.10. The van der Waals surface area contributed by atoms with Gasteiger partial charge in [-0.05, 0) is 59.0 Å². The van der Waals surface area contributed by atoms with Gasteiger partial charge in [-0.1, -0.05) is 0 Å². The third-order valence-corrected chi connectivity index (χ3v) is 4.39. The molecule has 0 bridgehead atoms. The molecule has 0 radical (unpaired) electrons. The zero-order chi connectivity index (χ0) is 13.1. The number of nitrogens with zero attached hydrogens (tertiary/aromatic N) is 1.